The lowest BCUT2D eigenvalue weighted by Crippen LogP contribution is -2.33. The van der Waals surface area contributed by atoms with E-state index in [9.17, 15) is 4.79 Å². The van der Waals surface area contributed by atoms with E-state index in [1.807, 2.05) is 20.8 Å². The van der Waals surface area contributed by atoms with Crippen molar-refractivity contribution < 1.29 is 20.9 Å². The molecule has 0 aliphatic rings. The second kappa shape index (κ2) is 14.6. The van der Waals surface area contributed by atoms with Crippen LogP contribution in [0.3, 0.4) is 0 Å². The van der Waals surface area contributed by atoms with Crippen molar-refractivity contribution in [1.82, 2.24) is 0 Å². The van der Waals surface area contributed by atoms with E-state index >= 15 is 0 Å². The van der Waals surface area contributed by atoms with Gasteiger partial charge < -0.3 is 16.1 Å². The molecule has 0 saturated heterocycles. The van der Waals surface area contributed by atoms with Crippen molar-refractivity contribution in [3.05, 3.63) is 11.8 Å². The Morgan fingerprint density at radius 2 is 1.52 bits per heavy atom. The maximum atomic E-state index is 12.0. The number of rotatable bonds is 14. The fraction of sp³-hybridized carbons (Fsp3) is 0.842. The first kappa shape index (κ1) is 24.5. The van der Waals surface area contributed by atoms with Crippen LogP contribution in [0.5, 0.6) is 0 Å². The second-order valence-electron chi connectivity index (χ2n) is 6.61. The molecular formula is C19H37AlO5. The van der Waals surface area contributed by atoms with Gasteiger partial charge >= 0.3 is 21.1 Å². The number of carbonyl (C=O) groups excluding carboxylic acids is 1. The Morgan fingerprint density at radius 3 is 2.00 bits per heavy atom. The first-order valence-electron chi connectivity index (χ1n) is 9.68. The Morgan fingerprint density at radius 1 is 0.960 bits per heavy atom. The van der Waals surface area contributed by atoms with Crippen LogP contribution in [0.1, 0.15) is 87.0 Å². The second-order valence-corrected chi connectivity index (χ2v) is 7.97. The molecule has 25 heavy (non-hydrogen) atoms. The summed E-state index contributed by atoms with van der Waals surface area (Å²) in [5, 5.41) is 0. The molecule has 0 N–H and O–H groups in total. The van der Waals surface area contributed by atoms with Crippen LogP contribution in [0.25, 0.3) is 0 Å². The quantitative estimate of drug-likeness (QED) is 0.141. The number of esters is 1. The molecule has 5 nitrogen and oxygen atoms in total. The van der Waals surface area contributed by atoms with Gasteiger partial charge in [-0.1, -0.05) is 33.6 Å². The Hall–Kier alpha value is -0.538. The van der Waals surface area contributed by atoms with E-state index in [0.29, 0.717) is 5.76 Å². The summed E-state index contributed by atoms with van der Waals surface area (Å²) in [5.74, 6) is 0.107. The van der Waals surface area contributed by atoms with E-state index < -0.39 is 15.1 Å². The molecule has 0 aromatic heterocycles. The number of hydrogen-bond acceptors (Lipinski definition) is 5. The Labute approximate surface area is 159 Å². The van der Waals surface area contributed by atoms with Gasteiger partial charge in [0.2, 0.25) is 0 Å². The van der Waals surface area contributed by atoms with Crippen molar-refractivity contribution in [2.75, 3.05) is 0 Å². The van der Waals surface area contributed by atoms with Crippen LogP contribution in [0.4, 0.5) is 0 Å². The molecule has 6 heteroatoms. The minimum Gasteiger partial charge on any atom is -0.602 e. The molecule has 0 saturated carbocycles. The van der Waals surface area contributed by atoms with Crippen LogP contribution in [-0.2, 0) is 20.9 Å². The Bertz CT molecular complexity index is 374. The zero-order valence-electron chi connectivity index (χ0n) is 17.2. The van der Waals surface area contributed by atoms with E-state index in [4.69, 9.17) is 16.1 Å². The molecule has 0 bridgehead atoms. The van der Waals surface area contributed by atoms with Crippen LogP contribution < -0.4 is 0 Å². The maximum absolute atomic E-state index is 12.0. The third kappa shape index (κ3) is 13.3. The van der Waals surface area contributed by atoms with Gasteiger partial charge in [0, 0.05) is 12.2 Å². The smallest absolute Gasteiger partial charge is 0.602 e. The van der Waals surface area contributed by atoms with E-state index in [0.717, 1.165) is 38.5 Å². The molecule has 0 aromatic carbocycles. The summed E-state index contributed by atoms with van der Waals surface area (Å²) in [6.07, 6.45) is 7.49. The van der Waals surface area contributed by atoms with Crippen LogP contribution in [0, 0.1) is 0 Å². The summed E-state index contributed by atoms with van der Waals surface area (Å²) in [4.78, 5) is 12.0. The van der Waals surface area contributed by atoms with Gasteiger partial charge in [-0.15, -0.1) is 0 Å². The SMILES string of the molecule is CCCCCC(C)OC(=O)/C=C(/C)[O][Al]([O]C(C)CC)[O]C(C)CC. The van der Waals surface area contributed by atoms with E-state index in [-0.39, 0.29) is 24.3 Å². The minimum absolute atomic E-state index is 0.0686. The highest BCUT2D eigenvalue weighted by molar-refractivity contribution is 6.37. The number of carbonyl (C=O) groups is 1. The first-order valence-corrected chi connectivity index (χ1v) is 11.1. The van der Waals surface area contributed by atoms with Crippen molar-refractivity contribution >= 4 is 21.1 Å². The lowest BCUT2D eigenvalue weighted by molar-refractivity contribution is -0.142. The summed E-state index contributed by atoms with van der Waals surface area (Å²) >= 11 is -2.34. The Balaban J connectivity index is 4.55. The molecule has 0 aromatic rings. The molecule has 0 aliphatic heterocycles. The molecule has 0 spiro atoms. The van der Waals surface area contributed by atoms with Gasteiger partial charge in [0.15, 0.2) is 0 Å². The van der Waals surface area contributed by atoms with Gasteiger partial charge in [-0.25, -0.2) is 4.79 Å². The fourth-order valence-corrected chi connectivity index (χ4v) is 3.67. The summed E-state index contributed by atoms with van der Waals surface area (Å²) in [7, 11) is 0. The van der Waals surface area contributed by atoms with Crippen LogP contribution in [0.15, 0.2) is 11.8 Å². The van der Waals surface area contributed by atoms with Crippen molar-refractivity contribution in [2.45, 2.75) is 105 Å². The molecule has 0 aliphatic carbocycles. The highest BCUT2D eigenvalue weighted by Crippen LogP contribution is 2.11. The highest BCUT2D eigenvalue weighted by Gasteiger charge is 2.38. The summed E-state index contributed by atoms with van der Waals surface area (Å²) in [5.41, 5.74) is 0. The summed E-state index contributed by atoms with van der Waals surface area (Å²) in [6, 6.07) is 0. The first-order chi connectivity index (χ1) is 11.8. The maximum Gasteiger partial charge on any atom is 1.00 e. The molecule has 0 radical (unpaired) electrons. The predicted molar refractivity (Wildman–Crippen MR) is 102 cm³/mol. The van der Waals surface area contributed by atoms with Gasteiger partial charge in [0.1, 0.15) is 0 Å². The molecule has 0 fully saturated rings. The lowest BCUT2D eigenvalue weighted by Gasteiger charge is -2.21. The van der Waals surface area contributed by atoms with E-state index in [1.165, 1.54) is 6.08 Å². The van der Waals surface area contributed by atoms with Gasteiger partial charge in [0.25, 0.3) is 0 Å². The average Bonchev–Trinajstić information content (AvgIpc) is 2.54. The highest BCUT2D eigenvalue weighted by atomic mass is 27.3. The standard InChI is InChI=1S/C11H20O3.2C4H9O.Al/c1-4-5-6-7-10(3)14-11(13)8-9(2)12;2*1-3-4(2)5;/h8,10,12H,4-7H2,1-3H3;2*4H,3H2,1-2H3;/q;2*-1;+3/p-1/b9-8-;;;. The molecular weight excluding hydrogens is 335 g/mol. The molecule has 146 valence electrons. The van der Waals surface area contributed by atoms with Crippen LogP contribution >= 0.6 is 0 Å². The van der Waals surface area contributed by atoms with Gasteiger partial charge in [0.05, 0.1) is 17.9 Å². The third-order valence-electron chi connectivity index (χ3n) is 3.97. The van der Waals surface area contributed by atoms with Crippen molar-refractivity contribution in [3.8, 4) is 0 Å². The zero-order valence-corrected chi connectivity index (χ0v) is 18.3. The van der Waals surface area contributed by atoms with Crippen molar-refractivity contribution in [2.24, 2.45) is 0 Å². The number of hydrogen-bond donors (Lipinski definition) is 0. The molecule has 3 atom stereocenters. The zero-order chi connectivity index (χ0) is 19.2. The number of ether oxygens (including phenoxy) is 1. The van der Waals surface area contributed by atoms with Crippen LogP contribution in [0.2, 0.25) is 0 Å². The van der Waals surface area contributed by atoms with Crippen molar-refractivity contribution in [3.63, 3.8) is 0 Å². The fourth-order valence-electron chi connectivity index (χ4n) is 1.98. The summed E-state index contributed by atoms with van der Waals surface area (Å²) < 4.78 is 22.9. The molecule has 0 rings (SSSR count). The van der Waals surface area contributed by atoms with Crippen LogP contribution in [-0.4, -0.2) is 39.4 Å². The minimum atomic E-state index is -2.34. The van der Waals surface area contributed by atoms with Gasteiger partial charge in [-0.2, -0.15) is 0 Å². The average molecular weight is 372 g/mol. The third-order valence-corrected chi connectivity index (χ3v) is 5.91. The van der Waals surface area contributed by atoms with E-state index in [2.05, 4.69) is 20.8 Å². The molecule has 0 heterocycles. The lowest BCUT2D eigenvalue weighted by atomic mass is 10.1. The predicted octanol–water partition coefficient (Wildman–Crippen LogP) is 5.03. The van der Waals surface area contributed by atoms with E-state index in [1.54, 1.807) is 6.92 Å². The largest absolute Gasteiger partial charge is 1.00 e. The van der Waals surface area contributed by atoms with Crippen molar-refractivity contribution in [1.29, 1.82) is 0 Å². The van der Waals surface area contributed by atoms with Gasteiger partial charge in [-0.3, -0.25) is 0 Å². The number of unbranched alkanes of at least 4 members (excludes halogenated alkanes) is 2. The topological polar surface area (TPSA) is 54.0 Å². The van der Waals surface area contributed by atoms with Gasteiger partial charge in [-0.05, 0) is 53.4 Å². The monoisotopic (exact) mass is 372 g/mol. The molecule has 0 amide bonds. The number of allylic oxidation sites excluding steroid dienone is 1. The summed E-state index contributed by atoms with van der Waals surface area (Å²) in [6.45, 7) is 13.9. The normalized spacial score (nSPS) is 15.4. The molecule has 3 unspecified atom stereocenters. The Kier molecular flexibility index (Phi) is 14.3.